The molecule has 2 heterocycles. The molecule has 0 aliphatic heterocycles. The van der Waals surface area contributed by atoms with E-state index in [9.17, 15) is 4.39 Å². The summed E-state index contributed by atoms with van der Waals surface area (Å²) >= 11 is 0. The zero-order chi connectivity index (χ0) is 12.9. The highest BCUT2D eigenvalue weighted by molar-refractivity contribution is 5.97. The largest absolute Gasteiger partial charge is 0.368 e. The number of benzene rings is 1. The van der Waals surface area contributed by atoms with Crippen LogP contribution in [0.1, 0.15) is 5.69 Å². The summed E-state index contributed by atoms with van der Waals surface area (Å²) in [4.78, 5) is 0. The van der Waals surface area contributed by atoms with Crippen LogP contribution in [0.5, 0.6) is 0 Å². The van der Waals surface area contributed by atoms with Crippen molar-refractivity contribution >= 4 is 16.8 Å². The molecular formula is C13H12FN3O. The Labute approximate surface area is 103 Å². The van der Waals surface area contributed by atoms with Gasteiger partial charge in [0.15, 0.2) is 0 Å². The molecule has 0 atom stereocenters. The molecule has 2 aromatic heterocycles. The molecule has 3 aromatic rings. The highest BCUT2D eigenvalue weighted by atomic mass is 19.1. The third kappa shape index (κ3) is 1.40. The van der Waals surface area contributed by atoms with E-state index in [1.165, 1.54) is 12.1 Å². The molecule has 0 spiro atoms. The van der Waals surface area contributed by atoms with Gasteiger partial charge in [0, 0.05) is 29.8 Å². The number of hydrogen-bond acceptors (Lipinski definition) is 3. The van der Waals surface area contributed by atoms with Crippen LogP contribution in [-0.4, -0.2) is 9.72 Å². The molecule has 5 heteroatoms. The van der Waals surface area contributed by atoms with Crippen molar-refractivity contribution in [2.45, 2.75) is 6.92 Å². The van der Waals surface area contributed by atoms with Gasteiger partial charge in [-0.15, -0.1) is 0 Å². The van der Waals surface area contributed by atoms with Crippen LogP contribution in [-0.2, 0) is 7.05 Å². The Balaban J connectivity index is 2.39. The van der Waals surface area contributed by atoms with E-state index in [4.69, 9.17) is 10.3 Å². The first-order valence-corrected chi connectivity index (χ1v) is 5.55. The summed E-state index contributed by atoms with van der Waals surface area (Å²) < 4.78 is 20.1. The number of rotatable bonds is 1. The van der Waals surface area contributed by atoms with Crippen LogP contribution in [0.2, 0.25) is 0 Å². The Morgan fingerprint density at radius 1 is 1.33 bits per heavy atom. The maximum absolute atomic E-state index is 13.3. The van der Waals surface area contributed by atoms with Gasteiger partial charge in [-0.3, -0.25) is 0 Å². The van der Waals surface area contributed by atoms with Gasteiger partial charge in [0.25, 0.3) is 0 Å². The second kappa shape index (κ2) is 3.60. The van der Waals surface area contributed by atoms with Crippen LogP contribution in [0.15, 0.2) is 28.8 Å². The lowest BCUT2D eigenvalue weighted by atomic mass is 10.1. The molecule has 3 rings (SSSR count). The van der Waals surface area contributed by atoms with Crippen LogP contribution in [0.4, 0.5) is 10.3 Å². The highest BCUT2D eigenvalue weighted by Crippen LogP contribution is 2.34. The van der Waals surface area contributed by atoms with Crippen LogP contribution >= 0.6 is 0 Å². The molecule has 0 aliphatic carbocycles. The molecule has 1 aromatic carbocycles. The fraction of sp³-hybridized carbons (Fsp3) is 0.154. The minimum absolute atomic E-state index is 0.255. The van der Waals surface area contributed by atoms with Gasteiger partial charge in [-0.25, -0.2) is 4.39 Å². The Morgan fingerprint density at radius 3 is 2.78 bits per heavy atom. The maximum atomic E-state index is 13.3. The Bertz CT molecular complexity index is 742. The second-order valence-electron chi connectivity index (χ2n) is 4.30. The first-order chi connectivity index (χ1) is 8.58. The molecule has 0 saturated carbocycles. The van der Waals surface area contributed by atoms with Gasteiger partial charge < -0.3 is 14.8 Å². The first kappa shape index (κ1) is 10.8. The lowest BCUT2D eigenvalue weighted by Crippen LogP contribution is -1.90. The van der Waals surface area contributed by atoms with Crippen molar-refractivity contribution in [3.05, 3.63) is 35.8 Å². The van der Waals surface area contributed by atoms with Gasteiger partial charge in [-0.1, -0.05) is 5.16 Å². The maximum Gasteiger partial charge on any atom is 0.222 e. The quantitative estimate of drug-likeness (QED) is 0.717. The van der Waals surface area contributed by atoms with E-state index in [1.807, 2.05) is 18.5 Å². The van der Waals surface area contributed by atoms with Gasteiger partial charge in [-0.05, 0) is 25.1 Å². The summed E-state index contributed by atoms with van der Waals surface area (Å²) in [5, 5.41) is 4.86. The van der Waals surface area contributed by atoms with E-state index in [1.54, 1.807) is 12.1 Å². The average molecular weight is 245 g/mol. The first-order valence-electron chi connectivity index (χ1n) is 5.55. The minimum Gasteiger partial charge on any atom is -0.368 e. The third-order valence-electron chi connectivity index (χ3n) is 3.24. The number of anilines is 1. The van der Waals surface area contributed by atoms with Crippen LogP contribution in [0.3, 0.4) is 0 Å². The molecule has 0 radical (unpaired) electrons. The number of aryl methyl sites for hydroxylation is 1. The number of aromatic nitrogens is 2. The van der Waals surface area contributed by atoms with Crippen molar-refractivity contribution in [2.24, 2.45) is 7.05 Å². The molecule has 0 saturated heterocycles. The van der Waals surface area contributed by atoms with Crippen molar-refractivity contribution in [1.29, 1.82) is 0 Å². The lowest BCUT2D eigenvalue weighted by molar-refractivity contribution is 0.439. The summed E-state index contributed by atoms with van der Waals surface area (Å²) in [5.41, 5.74) is 8.95. The summed E-state index contributed by atoms with van der Waals surface area (Å²) in [7, 11) is 1.89. The summed E-state index contributed by atoms with van der Waals surface area (Å²) in [6.07, 6.45) is 0. The van der Waals surface area contributed by atoms with Gasteiger partial charge in [0.05, 0.1) is 5.52 Å². The Kier molecular flexibility index (Phi) is 2.16. The molecular weight excluding hydrogens is 233 g/mol. The average Bonchev–Trinajstić information content (AvgIpc) is 2.85. The fourth-order valence-corrected chi connectivity index (χ4v) is 2.27. The van der Waals surface area contributed by atoms with E-state index in [0.717, 1.165) is 22.2 Å². The zero-order valence-corrected chi connectivity index (χ0v) is 10.1. The third-order valence-corrected chi connectivity index (χ3v) is 3.24. The monoisotopic (exact) mass is 245 g/mol. The molecule has 0 fully saturated rings. The number of nitrogens with zero attached hydrogens (tertiary/aromatic N) is 2. The van der Waals surface area contributed by atoms with Crippen molar-refractivity contribution in [2.75, 3.05) is 5.73 Å². The number of nitrogens with two attached hydrogens (primary N) is 1. The summed E-state index contributed by atoms with van der Waals surface area (Å²) in [6, 6.07) is 6.37. The molecule has 0 aliphatic rings. The molecule has 0 unspecified atom stereocenters. The molecule has 2 N–H and O–H groups in total. The Hall–Kier alpha value is -2.30. The number of hydrogen-bond donors (Lipinski definition) is 1. The Morgan fingerprint density at radius 2 is 2.11 bits per heavy atom. The van der Waals surface area contributed by atoms with Gasteiger partial charge in [0.2, 0.25) is 5.88 Å². The predicted molar refractivity (Wildman–Crippen MR) is 67.5 cm³/mol. The normalized spacial score (nSPS) is 11.3. The van der Waals surface area contributed by atoms with Crippen LogP contribution < -0.4 is 5.73 Å². The highest BCUT2D eigenvalue weighted by Gasteiger charge is 2.17. The van der Waals surface area contributed by atoms with Crippen molar-refractivity contribution < 1.29 is 8.91 Å². The lowest BCUT2D eigenvalue weighted by Gasteiger charge is -1.98. The SMILES string of the molecule is Cc1c(-c2cc(N)on2)c2ccc(F)cc2n1C. The van der Waals surface area contributed by atoms with E-state index >= 15 is 0 Å². The van der Waals surface area contributed by atoms with Crippen LogP contribution in [0.25, 0.3) is 22.2 Å². The van der Waals surface area contributed by atoms with E-state index in [-0.39, 0.29) is 11.7 Å². The van der Waals surface area contributed by atoms with Crippen LogP contribution in [0, 0.1) is 12.7 Å². The van der Waals surface area contributed by atoms with Gasteiger partial charge in [-0.2, -0.15) is 0 Å². The molecule has 0 bridgehead atoms. The molecule has 18 heavy (non-hydrogen) atoms. The predicted octanol–water partition coefficient (Wildman–Crippen LogP) is 2.86. The topological polar surface area (TPSA) is 57.0 Å². The van der Waals surface area contributed by atoms with E-state index < -0.39 is 0 Å². The number of nitrogen functional groups attached to an aromatic ring is 1. The fourth-order valence-electron chi connectivity index (χ4n) is 2.27. The standard InChI is InChI=1S/C13H12FN3O/c1-7-13(10-6-12(15)18-16-10)9-4-3-8(14)5-11(9)17(7)2/h3-6H,15H2,1-2H3. The van der Waals surface area contributed by atoms with Crippen molar-refractivity contribution in [1.82, 2.24) is 9.72 Å². The number of halogens is 1. The van der Waals surface area contributed by atoms with Crippen molar-refractivity contribution in [3.63, 3.8) is 0 Å². The van der Waals surface area contributed by atoms with E-state index in [2.05, 4.69) is 5.16 Å². The molecule has 0 amide bonds. The van der Waals surface area contributed by atoms with E-state index in [0.29, 0.717) is 5.69 Å². The minimum atomic E-state index is -0.255. The van der Waals surface area contributed by atoms with Crippen molar-refractivity contribution in [3.8, 4) is 11.3 Å². The zero-order valence-electron chi connectivity index (χ0n) is 10.1. The number of fused-ring (bicyclic) bond motifs is 1. The second-order valence-corrected chi connectivity index (χ2v) is 4.30. The smallest absolute Gasteiger partial charge is 0.222 e. The molecule has 92 valence electrons. The summed E-state index contributed by atoms with van der Waals surface area (Å²) in [5.74, 6) is 0.0119. The van der Waals surface area contributed by atoms with Gasteiger partial charge in [0.1, 0.15) is 11.5 Å². The molecule has 4 nitrogen and oxygen atoms in total. The van der Waals surface area contributed by atoms with Gasteiger partial charge >= 0.3 is 0 Å². The summed E-state index contributed by atoms with van der Waals surface area (Å²) in [6.45, 7) is 1.96.